The molecule has 7 nitrogen and oxygen atoms in total. The fourth-order valence-electron chi connectivity index (χ4n) is 3.24. The zero-order chi connectivity index (χ0) is 22.5. The number of hydrogen-bond acceptors (Lipinski definition) is 6. The lowest BCUT2D eigenvalue weighted by Gasteiger charge is -2.07. The molecular formula is C23H22ClN5O2S. The second kappa shape index (κ2) is 10.0. The van der Waals surface area contributed by atoms with Crippen molar-refractivity contribution in [1.82, 2.24) is 25.3 Å². The minimum atomic E-state index is -0.115. The highest BCUT2D eigenvalue weighted by molar-refractivity contribution is 7.99. The normalized spacial score (nSPS) is 11.0. The fourth-order valence-corrected chi connectivity index (χ4v) is 3.96. The van der Waals surface area contributed by atoms with E-state index in [1.54, 1.807) is 24.3 Å². The Morgan fingerprint density at radius 2 is 1.84 bits per heavy atom. The van der Waals surface area contributed by atoms with Gasteiger partial charge in [-0.05, 0) is 43.7 Å². The van der Waals surface area contributed by atoms with Gasteiger partial charge in [0, 0.05) is 28.4 Å². The van der Waals surface area contributed by atoms with Crippen LogP contribution >= 0.6 is 23.4 Å². The number of nitrogens with one attached hydrogen (secondary N) is 1. The molecule has 0 saturated heterocycles. The summed E-state index contributed by atoms with van der Waals surface area (Å²) >= 11 is 7.10. The monoisotopic (exact) mass is 467 g/mol. The number of hydrogen-bond donors (Lipinski definition) is 1. The summed E-state index contributed by atoms with van der Waals surface area (Å²) in [6, 6.07) is 17.3. The molecular weight excluding hydrogens is 446 g/mol. The van der Waals surface area contributed by atoms with E-state index in [0.717, 1.165) is 22.5 Å². The van der Waals surface area contributed by atoms with Gasteiger partial charge in [-0.15, -0.1) is 10.2 Å². The molecule has 0 spiro atoms. The van der Waals surface area contributed by atoms with Crippen LogP contribution in [0.1, 0.15) is 22.5 Å². The van der Waals surface area contributed by atoms with Gasteiger partial charge < -0.3 is 9.73 Å². The molecule has 4 aromatic rings. The van der Waals surface area contributed by atoms with Crippen molar-refractivity contribution in [3.8, 4) is 11.5 Å². The molecule has 0 aliphatic heterocycles. The smallest absolute Gasteiger partial charge is 0.277 e. The molecule has 0 radical (unpaired) electrons. The molecule has 0 aliphatic rings. The van der Waals surface area contributed by atoms with Crippen molar-refractivity contribution >= 4 is 29.3 Å². The third-order valence-corrected chi connectivity index (χ3v) is 6.06. The molecule has 0 aliphatic carbocycles. The second-order valence-electron chi connectivity index (χ2n) is 7.24. The van der Waals surface area contributed by atoms with Crippen LogP contribution in [-0.4, -0.2) is 31.6 Å². The lowest BCUT2D eigenvalue weighted by atomic mass is 10.2. The van der Waals surface area contributed by atoms with Gasteiger partial charge in [0.05, 0.1) is 18.0 Å². The maximum absolute atomic E-state index is 12.4. The van der Waals surface area contributed by atoms with Crippen LogP contribution in [0.3, 0.4) is 0 Å². The number of amides is 1. The van der Waals surface area contributed by atoms with Crippen molar-refractivity contribution < 1.29 is 9.21 Å². The summed E-state index contributed by atoms with van der Waals surface area (Å²) in [5, 5.41) is 16.6. The quantitative estimate of drug-likeness (QED) is 0.379. The number of nitrogens with zero attached hydrogens (tertiary/aromatic N) is 4. The molecule has 2 aromatic heterocycles. The van der Waals surface area contributed by atoms with Gasteiger partial charge in [0.1, 0.15) is 0 Å². The third kappa shape index (κ3) is 5.38. The average molecular weight is 468 g/mol. The molecule has 1 N–H and O–H groups in total. The van der Waals surface area contributed by atoms with Gasteiger partial charge in [-0.2, -0.15) is 5.10 Å². The van der Waals surface area contributed by atoms with E-state index in [1.807, 2.05) is 36.7 Å². The van der Waals surface area contributed by atoms with E-state index in [-0.39, 0.29) is 11.7 Å². The number of benzene rings is 2. The Kier molecular flexibility index (Phi) is 6.92. The molecule has 4 rings (SSSR count). The SMILES string of the molecule is Cc1nn(Cc2ccccc2)c(C)c1CNC(=O)CSc1nnc(-c2ccc(Cl)cc2)o1. The number of rotatable bonds is 8. The third-order valence-electron chi connectivity index (χ3n) is 4.99. The minimum absolute atomic E-state index is 0.115. The van der Waals surface area contributed by atoms with Crippen LogP contribution in [0.5, 0.6) is 0 Å². The second-order valence-corrected chi connectivity index (χ2v) is 8.60. The van der Waals surface area contributed by atoms with Gasteiger partial charge in [-0.1, -0.05) is 53.7 Å². The topological polar surface area (TPSA) is 85.8 Å². The van der Waals surface area contributed by atoms with E-state index in [1.165, 1.54) is 17.3 Å². The first-order chi connectivity index (χ1) is 15.5. The van der Waals surface area contributed by atoms with Gasteiger partial charge in [0.2, 0.25) is 11.8 Å². The summed E-state index contributed by atoms with van der Waals surface area (Å²) in [6.07, 6.45) is 0. The van der Waals surface area contributed by atoms with Gasteiger partial charge in [0.15, 0.2) is 0 Å². The van der Waals surface area contributed by atoms with Gasteiger partial charge in [-0.3, -0.25) is 9.48 Å². The molecule has 0 atom stereocenters. The number of halogens is 1. The van der Waals surface area contributed by atoms with Crippen LogP contribution < -0.4 is 5.32 Å². The predicted molar refractivity (Wildman–Crippen MR) is 125 cm³/mol. The predicted octanol–water partition coefficient (Wildman–Crippen LogP) is 4.66. The lowest BCUT2D eigenvalue weighted by molar-refractivity contribution is -0.118. The Labute approximate surface area is 195 Å². The van der Waals surface area contributed by atoms with Crippen LogP contribution in [0.25, 0.3) is 11.5 Å². The zero-order valence-electron chi connectivity index (χ0n) is 17.7. The first-order valence-corrected chi connectivity index (χ1v) is 11.4. The molecule has 0 unspecified atom stereocenters. The Hall–Kier alpha value is -3.10. The number of carbonyl (C=O) groups is 1. The molecule has 0 fully saturated rings. The summed E-state index contributed by atoms with van der Waals surface area (Å²) < 4.78 is 7.60. The zero-order valence-corrected chi connectivity index (χ0v) is 19.3. The van der Waals surface area contributed by atoms with Crippen LogP contribution in [0.4, 0.5) is 0 Å². The summed E-state index contributed by atoms with van der Waals surface area (Å²) in [4.78, 5) is 12.4. The van der Waals surface area contributed by atoms with Gasteiger partial charge >= 0.3 is 0 Å². The van der Waals surface area contributed by atoms with E-state index in [0.29, 0.717) is 29.2 Å². The molecule has 2 heterocycles. The summed E-state index contributed by atoms with van der Waals surface area (Å²) in [6.45, 7) is 5.10. The van der Waals surface area contributed by atoms with Crippen LogP contribution in [-0.2, 0) is 17.9 Å². The van der Waals surface area contributed by atoms with E-state index >= 15 is 0 Å². The maximum Gasteiger partial charge on any atom is 0.277 e. The van der Waals surface area contributed by atoms with E-state index in [4.69, 9.17) is 16.0 Å². The number of aryl methyl sites for hydroxylation is 1. The Morgan fingerprint density at radius 1 is 1.09 bits per heavy atom. The number of thioether (sulfide) groups is 1. The van der Waals surface area contributed by atoms with Crippen molar-refractivity contribution in [2.45, 2.75) is 32.2 Å². The molecule has 164 valence electrons. The van der Waals surface area contributed by atoms with E-state index in [9.17, 15) is 4.79 Å². The molecule has 9 heteroatoms. The Balaban J connectivity index is 1.30. The highest BCUT2D eigenvalue weighted by Gasteiger charge is 2.14. The van der Waals surface area contributed by atoms with Crippen LogP contribution in [0, 0.1) is 13.8 Å². The van der Waals surface area contributed by atoms with Crippen LogP contribution in [0.2, 0.25) is 5.02 Å². The van der Waals surface area contributed by atoms with Crippen molar-refractivity contribution in [2.75, 3.05) is 5.75 Å². The highest BCUT2D eigenvalue weighted by atomic mass is 35.5. The van der Waals surface area contributed by atoms with Crippen molar-refractivity contribution in [2.24, 2.45) is 0 Å². The molecule has 0 bridgehead atoms. The summed E-state index contributed by atoms with van der Waals surface area (Å²) in [5.41, 5.74) is 4.95. The van der Waals surface area contributed by atoms with Crippen LogP contribution in [0.15, 0.2) is 64.2 Å². The Bertz CT molecular complexity index is 1210. The molecule has 2 aromatic carbocycles. The highest BCUT2D eigenvalue weighted by Crippen LogP contribution is 2.24. The van der Waals surface area contributed by atoms with Gasteiger partial charge in [-0.25, -0.2) is 0 Å². The van der Waals surface area contributed by atoms with E-state index in [2.05, 4.69) is 32.7 Å². The van der Waals surface area contributed by atoms with Crippen molar-refractivity contribution in [3.05, 3.63) is 82.1 Å². The summed E-state index contributed by atoms with van der Waals surface area (Å²) in [5.74, 6) is 0.455. The van der Waals surface area contributed by atoms with Gasteiger partial charge in [0.25, 0.3) is 5.22 Å². The van der Waals surface area contributed by atoms with Crippen molar-refractivity contribution in [1.29, 1.82) is 0 Å². The Morgan fingerprint density at radius 3 is 2.59 bits per heavy atom. The fraction of sp³-hybridized carbons (Fsp3) is 0.217. The number of aromatic nitrogens is 4. The van der Waals surface area contributed by atoms with Crippen molar-refractivity contribution in [3.63, 3.8) is 0 Å². The maximum atomic E-state index is 12.4. The van der Waals surface area contributed by atoms with E-state index < -0.39 is 0 Å². The molecule has 32 heavy (non-hydrogen) atoms. The largest absolute Gasteiger partial charge is 0.411 e. The average Bonchev–Trinajstić information content (AvgIpc) is 3.37. The molecule has 0 saturated carbocycles. The summed E-state index contributed by atoms with van der Waals surface area (Å²) in [7, 11) is 0. The lowest BCUT2D eigenvalue weighted by Crippen LogP contribution is -2.25. The first kappa shape index (κ1) is 22.1. The standard InChI is InChI=1S/C23H22ClN5O2S/c1-15-20(16(2)29(28-15)13-17-6-4-3-5-7-17)12-25-21(30)14-32-23-27-26-22(31-23)18-8-10-19(24)11-9-18/h3-11H,12-14H2,1-2H3,(H,25,30). The molecule has 1 amide bonds. The minimum Gasteiger partial charge on any atom is -0.411 e. The first-order valence-electron chi connectivity index (χ1n) is 10.1. The number of carbonyl (C=O) groups excluding carboxylic acids is 1.